The summed E-state index contributed by atoms with van der Waals surface area (Å²) in [6.45, 7) is 0. The highest BCUT2D eigenvalue weighted by atomic mass is 32.2. The largest absolute Gasteiger partial charge is 0.497 e. The van der Waals surface area contributed by atoms with Crippen LogP contribution in [-0.4, -0.2) is 31.2 Å². The average Bonchev–Trinajstić information content (AvgIpc) is 3.26. The number of hydrogen-bond donors (Lipinski definition) is 1. The molecule has 32 heavy (non-hydrogen) atoms. The lowest BCUT2D eigenvalue weighted by molar-refractivity contribution is -0.115. The minimum atomic E-state index is -3.26. The van der Waals surface area contributed by atoms with E-state index in [4.69, 9.17) is 4.74 Å². The number of methoxy groups -OCH3 is 1. The van der Waals surface area contributed by atoms with Crippen LogP contribution in [0.4, 0.5) is 5.82 Å². The minimum Gasteiger partial charge on any atom is -0.497 e. The SMILES string of the molecule is COc1ccc(-n2nc3c(c2NC(=O)Cc2cccc4ccccc24)CS(=O)(=O)C3)cc1. The van der Waals surface area contributed by atoms with Crippen LogP contribution in [-0.2, 0) is 32.6 Å². The number of carbonyl (C=O) groups is 1. The van der Waals surface area contributed by atoms with Crippen LogP contribution in [0.2, 0.25) is 0 Å². The van der Waals surface area contributed by atoms with Crippen molar-refractivity contribution in [1.29, 1.82) is 0 Å². The van der Waals surface area contributed by atoms with Gasteiger partial charge in [-0.2, -0.15) is 5.10 Å². The van der Waals surface area contributed by atoms with Crippen molar-refractivity contribution in [2.75, 3.05) is 12.4 Å². The Bertz CT molecular complexity index is 1430. The van der Waals surface area contributed by atoms with Gasteiger partial charge in [-0.15, -0.1) is 0 Å². The molecule has 0 atom stereocenters. The lowest BCUT2D eigenvalue weighted by Gasteiger charge is -2.12. The number of amides is 1. The number of fused-ring (bicyclic) bond motifs is 2. The summed E-state index contributed by atoms with van der Waals surface area (Å²) < 4.78 is 31.2. The number of anilines is 1. The van der Waals surface area contributed by atoms with Gasteiger partial charge in [-0.1, -0.05) is 42.5 Å². The van der Waals surface area contributed by atoms with E-state index in [0.29, 0.717) is 28.5 Å². The summed E-state index contributed by atoms with van der Waals surface area (Å²) in [6, 6.07) is 21.0. The third kappa shape index (κ3) is 3.73. The van der Waals surface area contributed by atoms with Crippen molar-refractivity contribution in [3.63, 3.8) is 0 Å². The molecule has 8 heteroatoms. The van der Waals surface area contributed by atoms with E-state index in [9.17, 15) is 13.2 Å². The molecule has 1 aliphatic heterocycles. The van der Waals surface area contributed by atoms with E-state index >= 15 is 0 Å². The van der Waals surface area contributed by atoms with E-state index in [1.165, 1.54) is 0 Å². The zero-order valence-electron chi connectivity index (χ0n) is 17.4. The second-order valence-electron chi connectivity index (χ2n) is 7.78. The number of benzene rings is 3. The molecule has 0 unspecified atom stereocenters. The molecule has 0 radical (unpaired) electrons. The van der Waals surface area contributed by atoms with Gasteiger partial charge in [-0.3, -0.25) is 4.79 Å². The number of nitrogens with one attached hydrogen (secondary N) is 1. The van der Waals surface area contributed by atoms with E-state index in [1.54, 1.807) is 23.9 Å². The van der Waals surface area contributed by atoms with Crippen molar-refractivity contribution in [1.82, 2.24) is 9.78 Å². The standard InChI is InChI=1S/C24H21N3O4S/c1-31-19-11-9-18(10-12-19)27-24(21-14-32(29,30)15-22(21)26-27)25-23(28)13-17-7-4-6-16-5-2-3-8-20(16)17/h2-12H,13-15H2,1H3,(H,25,28). The van der Waals surface area contributed by atoms with Crippen LogP contribution in [0.25, 0.3) is 16.5 Å². The molecule has 1 N–H and O–H groups in total. The van der Waals surface area contributed by atoms with Crippen LogP contribution < -0.4 is 10.1 Å². The van der Waals surface area contributed by atoms with Crippen LogP contribution in [0.15, 0.2) is 66.7 Å². The Balaban J connectivity index is 1.50. The van der Waals surface area contributed by atoms with Crippen LogP contribution in [0.1, 0.15) is 16.8 Å². The first-order valence-corrected chi connectivity index (χ1v) is 12.0. The van der Waals surface area contributed by atoms with E-state index in [-0.39, 0.29) is 23.8 Å². The van der Waals surface area contributed by atoms with Gasteiger partial charge >= 0.3 is 0 Å². The van der Waals surface area contributed by atoms with Gasteiger partial charge in [0.15, 0.2) is 9.84 Å². The first-order valence-electron chi connectivity index (χ1n) is 10.2. The molecule has 1 aromatic heterocycles. The van der Waals surface area contributed by atoms with Gasteiger partial charge in [0, 0.05) is 5.56 Å². The number of aromatic nitrogens is 2. The fourth-order valence-corrected chi connectivity index (χ4v) is 5.57. The lowest BCUT2D eigenvalue weighted by atomic mass is 10.0. The number of rotatable bonds is 5. The minimum absolute atomic E-state index is 0.127. The molecule has 0 saturated carbocycles. The summed E-state index contributed by atoms with van der Waals surface area (Å²) in [5.41, 5.74) is 2.63. The number of carbonyl (C=O) groups excluding carboxylic acids is 1. The molecule has 162 valence electrons. The number of ether oxygens (including phenoxy) is 1. The summed E-state index contributed by atoms with van der Waals surface area (Å²) in [6.07, 6.45) is 0.163. The summed E-state index contributed by atoms with van der Waals surface area (Å²) in [4.78, 5) is 13.0. The lowest BCUT2D eigenvalue weighted by Crippen LogP contribution is -2.18. The summed E-state index contributed by atoms with van der Waals surface area (Å²) in [5.74, 6) is 0.595. The van der Waals surface area contributed by atoms with Crippen molar-refractivity contribution in [3.05, 3.63) is 83.6 Å². The molecule has 3 aromatic carbocycles. The van der Waals surface area contributed by atoms with Crippen molar-refractivity contribution >= 4 is 32.3 Å². The smallest absolute Gasteiger partial charge is 0.229 e. The van der Waals surface area contributed by atoms with Crippen LogP contribution in [0.5, 0.6) is 5.75 Å². The van der Waals surface area contributed by atoms with Gasteiger partial charge in [-0.25, -0.2) is 13.1 Å². The normalized spacial score (nSPS) is 14.3. The highest BCUT2D eigenvalue weighted by Crippen LogP contribution is 2.33. The molecular formula is C24H21N3O4S. The zero-order valence-corrected chi connectivity index (χ0v) is 18.2. The van der Waals surface area contributed by atoms with Gasteiger partial charge in [-0.05, 0) is 40.6 Å². The van der Waals surface area contributed by atoms with Gasteiger partial charge in [0.1, 0.15) is 11.6 Å². The molecule has 0 fully saturated rings. The molecule has 0 bridgehead atoms. The third-order valence-electron chi connectivity index (χ3n) is 5.59. The second-order valence-corrected chi connectivity index (χ2v) is 9.84. The molecule has 1 aliphatic rings. The average molecular weight is 448 g/mol. The highest BCUT2D eigenvalue weighted by molar-refractivity contribution is 7.90. The number of hydrogen-bond acceptors (Lipinski definition) is 5. The molecular weight excluding hydrogens is 426 g/mol. The fraction of sp³-hybridized carbons (Fsp3) is 0.167. The summed E-state index contributed by atoms with van der Waals surface area (Å²) in [5, 5.41) is 9.52. The van der Waals surface area contributed by atoms with E-state index in [0.717, 1.165) is 16.3 Å². The molecule has 1 amide bonds. The van der Waals surface area contributed by atoms with Crippen molar-refractivity contribution in [2.24, 2.45) is 0 Å². The molecule has 0 aliphatic carbocycles. The molecule has 4 aromatic rings. The molecule has 2 heterocycles. The van der Waals surface area contributed by atoms with E-state index in [2.05, 4.69) is 10.4 Å². The van der Waals surface area contributed by atoms with Crippen molar-refractivity contribution in [3.8, 4) is 11.4 Å². The van der Waals surface area contributed by atoms with Gasteiger partial charge < -0.3 is 10.1 Å². The maximum atomic E-state index is 13.0. The maximum absolute atomic E-state index is 13.0. The topological polar surface area (TPSA) is 90.3 Å². The van der Waals surface area contributed by atoms with E-state index in [1.807, 2.05) is 54.6 Å². The van der Waals surface area contributed by atoms with Crippen LogP contribution in [0, 0.1) is 0 Å². The number of nitrogens with zero attached hydrogens (tertiary/aromatic N) is 2. The zero-order chi connectivity index (χ0) is 22.3. The first-order chi connectivity index (χ1) is 15.4. The summed E-state index contributed by atoms with van der Waals surface area (Å²) in [7, 11) is -1.68. The maximum Gasteiger partial charge on any atom is 0.229 e. The summed E-state index contributed by atoms with van der Waals surface area (Å²) >= 11 is 0. The highest BCUT2D eigenvalue weighted by Gasteiger charge is 2.33. The van der Waals surface area contributed by atoms with Crippen molar-refractivity contribution in [2.45, 2.75) is 17.9 Å². The van der Waals surface area contributed by atoms with Crippen LogP contribution >= 0.6 is 0 Å². The Morgan fingerprint density at radius 3 is 2.56 bits per heavy atom. The second kappa shape index (κ2) is 7.80. The van der Waals surface area contributed by atoms with Gasteiger partial charge in [0.05, 0.1) is 36.4 Å². The van der Waals surface area contributed by atoms with Crippen LogP contribution in [0.3, 0.4) is 0 Å². The van der Waals surface area contributed by atoms with Gasteiger partial charge in [0.2, 0.25) is 5.91 Å². The molecule has 0 saturated heterocycles. The van der Waals surface area contributed by atoms with E-state index < -0.39 is 9.84 Å². The monoisotopic (exact) mass is 447 g/mol. The number of sulfone groups is 1. The quantitative estimate of drug-likeness (QED) is 0.504. The Hall–Kier alpha value is -3.65. The predicted molar refractivity (Wildman–Crippen MR) is 123 cm³/mol. The molecule has 7 nitrogen and oxygen atoms in total. The Morgan fingerprint density at radius 2 is 1.78 bits per heavy atom. The van der Waals surface area contributed by atoms with Crippen molar-refractivity contribution < 1.29 is 17.9 Å². The Kier molecular flexibility index (Phi) is 4.94. The molecule has 0 spiro atoms. The predicted octanol–water partition coefficient (Wildman–Crippen LogP) is 3.64. The Morgan fingerprint density at radius 1 is 1.03 bits per heavy atom. The third-order valence-corrected chi connectivity index (χ3v) is 7.04. The molecule has 5 rings (SSSR count). The Labute approximate surface area is 185 Å². The first kappa shape index (κ1) is 20.3. The van der Waals surface area contributed by atoms with Gasteiger partial charge in [0.25, 0.3) is 0 Å². The fourth-order valence-electron chi connectivity index (χ4n) is 4.08.